The van der Waals surface area contributed by atoms with Gasteiger partial charge in [-0.2, -0.15) is 0 Å². The summed E-state index contributed by atoms with van der Waals surface area (Å²) in [6.07, 6.45) is 0. The average molecular weight is 312 g/mol. The van der Waals surface area contributed by atoms with E-state index in [0.29, 0.717) is 15.7 Å². The lowest BCUT2D eigenvalue weighted by atomic mass is 10.1. The number of benzene rings is 2. The van der Waals surface area contributed by atoms with Crippen LogP contribution in [0.15, 0.2) is 46.9 Å². The van der Waals surface area contributed by atoms with Crippen LogP contribution in [-0.4, -0.2) is 0 Å². The second-order valence-corrected chi connectivity index (χ2v) is 4.93. The van der Waals surface area contributed by atoms with Crippen LogP contribution in [0.5, 0.6) is 0 Å². The summed E-state index contributed by atoms with van der Waals surface area (Å²) in [7, 11) is 0. The number of nitrogens with one attached hydrogen (secondary N) is 1. The molecule has 0 radical (unpaired) electrons. The number of hydrogen-bond donors (Lipinski definition) is 1. The summed E-state index contributed by atoms with van der Waals surface area (Å²) >= 11 is 3.20. The molecule has 0 aromatic heterocycles. The molecule has 2 aromatic carbocycles. The maximum absolute atomic E-state index is 13.7. The molecule has 4 heteroatoms. The van der Waals surface area contributed by atoms with Crippen LogP contribution in [0.3, 0.4) is 0 Å². The van der Waals surface area contributed by atoms with Crippen LogP contribution in [0.2, 0.25) is 0 Å². The second kappa shape index (κ2) is 5.48. The quantitative estimate of drug-likeness (QED) is 0.850. The minimum atomic E-state index is -0.345. The Bertz CT molecular complexity index is 557. The van der Waals surface area contributed by atoms with Gasteiger partial charge in [0.1, 0.15) is 11.6 Å². The normalized spacial score (nSPS) is 12.2. The van der Waals surface area contributed by atoms with Gasteiger partial charge in [-0.3, -0.25) is 0 Å². The van der Waals surface area contributed by atoms with Crippen LogP contribution in [0.25, 0.3) is 0 Å². The van der Waals surface area contributed by atoms with Crippen molar-refractivity contribution >= 4 is 21.6 Å². The first kappa shape index (κ1) is 13.0. The molecule has 0 bridgehead atoms. The van der Waals surface area contributed by atoms with Crippen LogP contribution >= 0.6 is 15.9 Å². The lowest BCUT2D eigenvalue weighted by Crippen LogP contribution is -2.09. The molecular weight excluding hydrogens is 300 g/mol. The van der Waals surface area contributed by atoms with E-state index in [1.807, 2.05) is 0 Å². The zero-order valence-electron chi connectivity index (χ0n) is 9.75. The molecule has 0 aliphatic rings. The van der Waals surface area contributed by atoms with Gasteiger partial charge < -0.3 is 5.32 Å². The van der Waals surface area contributed by atoms with Crippen molar-refractivity contribution in [3.05, 3.63) is 64.1 Å². The third kappa shape index (κ3) is 2.88. The molecule has 2 rings (SSSR count). The van der Waals surface area contributed by atoms with Crippen molar-refractivity contribution in [1.82, 2.24) is 0 Å². The first-order chi connectivity index (χ1) is 8.58. The standard InChI is InChI=1S/C14H12BrF2N/c1-9(11-7-6-10(15)8-13(11)17)18-14-5-3-2-4-12(14)16/h2-9,18H,1H3. The zero-order valence-corrected chi connectivity index (χ0v) is 11.3. The third-order valence-corrected chi connectivity index (χ3v) is 3.17. The molecule has 0 fully saturated rings. The van der Waals surface area contributed by atoms with E-state index in [1.54, 1.807) is 37.3 Å². The van der Waals surface area contributed by atoms with E-state index in [4.69, 9.17) is 0 Å². The summed E-state index contributed by atoms with van der Waals surface area (Å²) in [5.41, 5.74) is 0.869. The lowest BCUT2D eigenvalue weighted by molar-refractivity contribution is 0.595. The Balaban J connectivity index is 2.22. The first-order valence-electron chi connectivity index (χ1n) is 5.54. The minimum absolute atomic E-state index is 0.310. The van der Waals surface area contributed by atoms with Gasteiger partial charge in [0, 0.05) is 10.0 Å². The third-order valence-electron chi connectivity index (χ3n) is 2.67. The zero-order chi connectivity index (χ0) is 13.1. The van der Waals surface area contributed by atoms with Gasteiger partial charge in [-0.15, -0.1) is 0 Å². The van der Waals surface area contributed by atoms with Crippen molar-refractivity contribution in [3.63, 3.8) is 0 Å². The minimum Gasteiger partial charge on any atom is -0.376 e. The van der Waals surface area contributed by atoms with E-state index in [9.17, 15) is 8.78 Å². The highest BCUT2D eigenvalue weighted by molar-refractivity contribution is 9.10. The Morgan fingerprint density at radius 3 is 2.44 bits per heavy atom. The average Bonchev–Trinajstić information content (AvgIpc) is 2.32. The molecule has 0 heterocycles. The molecule has 94 valence electrons. The van der Waals surface area contributed by atoms with Crippen LogP contribution in [0.4, 0.5) is 14.5 Å². The molecule has 1 unspecified atom stereocenters. The van der Waals surface area contributed by atoms with Crippen LogP contribution in [0, 0.1) is 11.6 Å². The van der Waals surface area contributed by atoms with E-state index in [0.717, 1.165) is 0 Å². The summed E-state index contributed by atoms with van der Waals surface area (Å²) in [5, 5.41) is 2.96. The van der Waals surface area contributed by atoms with Gasteiger partial charge in [-0.1, -0.05) is 34.1 Å². The van der Waals surface area contributed by atoms with Crippen molar-refractivity contribution in [1.29, 1.82) is 0 Å². The van der Waals surface area contributed by atoms with Gasteiger partial charge in [0.2, 0.25) is 0 Å². The molecule has 0 spiro atoms. The molecule has 18 heavy (non-hydrogen) atoms. The number of anilines is 1. The molecule has 0 saturated carbocycles. The topological polar surface area (TPSA) is 12.0 Å². The molecule has 1 N–H and O–H groups in total. The summed E-state index contributed by atoms with van der Waals surface area (Å²) < 4.78 is 27.9. The molecule has 0 aliphatic carbocycles. The summed E-state index contributed by atoms with van der Waals surface area (Å²) in [6.45, 7) is 1.79. The molecular formula is C14H12BrF2N. The van der Waals surface area contributed by atoms with E-state index in [1.165, 1.54) is 12.1 Å². The molecule has 0 amide bonds. The first-order valence-corrected chi connectivity index (χ1v) is 6.33. The van der Waals surface area contributed by atoms with Gasteiger partial charge in [-0.25, -0.2) is 8.78 Å². The molecule has 0 saturated heterocycles. The van der Waals surface area contributed by atoms with E-state index >= 15 is 0 Å². The Hall–Kier alpha value is -1.42. The maximum atomic E-state index is 13.7. The van der Waals surface area contributed by atoms with E-state index in [2.05, 4.69) is 21.2 Å². The lowest BCUT2D eigenvalue weighted by Gasteiger charge is -2.17. The summed E-state index contributed by atoms with van der Waals surface area (Å²) in [6, 6.07) is 10.9. The predicted octanol–water partition coefficient (Wildman–Crippen LogP) is 4.90. The predicted molar refractivity (Wildman–Crippen MR) is 72.5 cm³/mol. The monoisotopic (exact) mass is 311 g/mol. The fraction of sp³-hybridized carbons (Fsp3) is 0.143. The van der Waals surface area contributed by atoms with E-state index in [-0.39, 0.29) is 17.7 Å². The molecule has 1 atom stereocenters. The largest absolute Gasteiger partial charge is 0.376 e. The highest BCUT2D eigenvalue weighted by Crippen LogP contribution is 2.25. The van der Waals surface area contributed by atoms with Gasteiger partial charge in [0.15, 0.2) is 0 Å². The molecule has 1 nitrogen and oxygen atoms in total. The van der Waals surface area contributed by atoms with Gasteiger partial charge in [0.05, 0.1) is 11.7 Å². The Kier molecular flexibility index (Phi) is 3.97. The van der Waals surface area contributed by atoms with Crippen molar-refractivity contribution in [2.75, 3.05) is 5.32 Å². The Labute approximate surface area is 113 Å². The summed E-state index contributed by atoms with van der Waals surface area (Å²) in [5.74, 6) is -0.664. The smallest absolute Gasteiger partial charge is 0.146 e. The van der Waals surface area contributed by atoms with Gasteiger partial charge in [0.25, 0.3) is 0 Å². The maximum Gasteiger partial charge on any atom is 0.146 e. The van der Waals surface area contributed by atoms with E-state index < -0.39 is 0 Å². The van der Waals surface area contributed by atoms with Gasteiger partial charge >= 0.3 is 0 Å². The van der Waals surface area contributed by atoms with Crippen LogP contribution < -0.4 is 5.32 Å². The van der Waals surface area contributed by atoms with Crippen molar-refractivity contribution in [2.24, 2.45) is 0 Å². The number of rotatable bonds is 3. The fourth-order valence-corrected chi connectivity index (χ4v) is 2.08. The second-order valence-electron chi connectivity index (χ2n) is 4.01. The highest BCUT2D eigenvalue weighted by atomic mass is 79.9. The Morgan fingerprint density at radius 1 is 1.06 bits per heavy atom. The van der Waals surface area contributed by atoms with Crippen molar-refractivity contribution < 1.29 is 8.78 Å². The number of para-hydroxylation sites is 1. The highest BCUT2D eigenvalue weighted by Gasteiger charge is 2.12. The summed E-state index contributed by atoms with van der Waals surface area (Å²) in [4.78, 5) is 0. The van der Waals surface area contributed by atoms with Crippen molar-refractivity contribution in [3.8, 4) is 0 Å². The number of halogens is 3. The molecule has 2 aromatic rings. The molecule has 0 aliphatic heterocycles. The fourth-order valence-electron chi connectivity index (χ4n) is 1.74. The number of hydrogen-bond acceptors (Lipinski definition) is 1. The van der Waals surface area contributed by atoms with Crippen molar-refractivity contribution in [2.45, 2.75) is 13.0 Å². The van der Waals surface area contributed by atoms with Crippen LogP contribution in [0.1, 0.15) is 18.5 Å². The van der Waals surface area contributed by atoms with Crippen LogP contribution in [-0.2, 0) is 0 Å². The SMILES string of the molecule is CC(Nc1ccccc1F)c1ccc(Br)cc1F. The Morgan fingerprint density at radius 2 is 1.78 bits per heavy atom. The van der Waals surface area contributed by atoms with Gasteiger partial charge in [-0.05, 0) is 31.2 Å².